The van der Waals surface area contributed by atoms with Crippen LogP contribution in [0.4, 0.5) is 0 Å². The maximum Gasteiger partial charge on any atom is 0.239 e. The third kappa shape index (κ3) is 3.13. The van der Waals surface area contributed by atoms with Crippen molar-refractivity contribution in [3.63, 3.8) is 0 Å². The molecule has 4 nitrogen and oxygen atoms in total. The zero-order valence-corrected chi connectivity index (χ0v) is 11.1. The van der Waals surface area contributed by atoms with E-state index in [0.29, 0.717) is 16.5 Å². The lowest BCUT2D eigenvalue weighted by atomic mass is 10.1. The van der Waals surface area contributed by atoms with Gasteiger partial charge in [-0.15, -0.1) is 0 Å². The minimum Gasteiger partial charge on any atom is -0.294 e. The van der Waals surface area contributed by atoms with Gasteiger partial charge >= 0.3 is 0 Å². The minimum absolute atomic E-state index is 0.0607. The van der Waals surface area contributed by atoms with E-state index in [1.807, 2.05) is 6.92 Å². The predicted octanol–water partition coefficient (Wildman–Crippen LogP) is 2.08. The van der Waals surface area contributed by atoms with Gasteiger partial charge in [0.2, 0.25) is 10.0 Å². The molecule has 6 heteroatoms. The van der Waals surface area contributed by atoms with Crippen LogP contribution in [0.25, 0.3) is 0 Å². The molecule has 16 heavy (non-hydrogen) atoms. The first-order valence-electron chi connectivity index (χ1n) is 4.71. The number of halogens is 1. The Kier molecular flexibility index (Phi) is 4.23. The second-order valence-electron chi connectivity index (χ2n) is 3.36. The maximum absolute atomic E-state index is 11.6. The summed E-state index contributed by atoms with van der Waals surface area (Å²) in [6.45, 7) is 1.89. The van der Waals surface area contributed by atoms with E-state index in [0.717, 1.165) is 6.42 Å². The van der Waals surface area contributed by atoms with Gasteiger partial charge in [0.15, 0.2) is 5.78 Å². The molecule has 0 atom stereocenters. The minimum atomic E-state index is -3.80. The van der Waals surface area contributed by atoms with Gasteiger partial charge in [-0.2, -0.15) is 0 Å². The summed E-state index contributed by atoms with van der Waals surface area (Å²) in [5, 5.41) is 5.03. The van der Waals surface area contributed by atoms with Crippen LogP contribution in [-0.2, 0) is 10.0 Å². The molecular formula is C10H12BrNO3S. The summed E-state index contributed by atoms with van der Waals surface area (Å²) in [4.78, 5) is 11.5. The molecule has 0 aliphatic heterocycles. The highest BCUT2D eigenvalue weighted by Gasteiger charge is 2.15. The van der Waals surface area contributed by atoms with Crippen LogP contribution in [0.2, 0.25) is 0 Å². The highest BCUT2D eigenvalue weighted by molar-refractivity contribution is 9.10. The van der Waals surface area contributed by atoms with Gasteiger partial charge in [0.25, 0.3) is 0 Å². The average molecular weight is 306 g/mol. The normalized spacial score (nSPS) is 11.4. The van der Waals surface area contributed by atoms with Crippen molar-refractivity contribution in [3.05, 3.63) is 28.2 Å². The van der Waals surface area contributed by atoms with E-state index in [-0.39, 0.29) is 10.7 Å². The summed E-state index contributed by atoms with van der Waals surface area (Å²) in [7, 11) is -3.80. The Balaban J connectivity index is 3.23. The van der Waals surface area contributed by atoms with E-state index >= 15 is 0 Å². The number of rotatable bonds is 4. The third-order valence-corrected chi connectivity index (χ3v) is 3.94. The molecule has 0 bridgehead atoms. The molecule has 0 aliphatic rings. The van der Waals surface area contributed by atoms with Crippen molar-refractivity contribution >= 4 is 31.7 Å². The van der Waals surface area contributed by atoms with E-state index in [1.54, 1.807) is 6.07 Å². The summed E-state index contributed by atoms with van der Waals surface area (Å²) in [6, 6.07) is 4.40. The zero-order chi connectivity index (χ0) is 12.3. The van der Waals surface area contributed by atoms with Crippen LogP contribution >= 0.6 is 15.9 Å². The molecule has 0 saturated carbocycles. The topological polar surface area (TPSA) is 77.2 Å². The lowest BCUT2D eigenvalue weighted by Crippen LogP contribution is -2.14. The molecule has 1 aromatic carbocycles. The largest absolute Gasteiger partial charge is 0.294 e. The molecule has 0 spiro atoms. The Morgan fingerprint density at radius 1 is 1.44 bits per heavy atom. The molecule has 0 radical (unpaired) electrons. The number of hydrogen-bond donors (Lipinski definition) is 1. The summed E-state index contributed by atoms with van der Waals surface area (Å²) < 4.78 is 22.8. The third-order valence-electron chi connectivity index (χ3n) is 2.04. The van der Waals surface area contributed by atoms with E-state index < -0.39 is 10.0 Å². The van der Waals surface area contributed by atoms with Gasteiger partial charge in [-0.25, -0.2) is 13.6 Å². The Hall–Kier alpha value is -0.720. The first kappa shape index (κ1) is 13.3. The SMILES string of the molecule is CCCC(=O)c1ccc(Br)c(S(N)(=O)=O)c1. The summed E-state index contributed by atoms with van der Waals surface area (Å²) in [5.41, 5.74) is 0.370. The lowest BCUT2D eigenvalue weighted by molar-refractivity contribution is 0.0981. The molecule has 0 aromatic heterocycles. The molecule has 88 valence electrons. The molecular weight excluding hydrogens is 294 g/mol. The average Bonchev–Trinajstić information content (AvgIpc) is 2.16. The molecule has 0 heterocycles. The number of primary sulfonamides is 1. The van der Waals surface area contributed by atoms with Crippen molar-refractivity contribution in [2.75, 3.05) is 0 Å². The van der Waals surface area contributed by atoms with Gasteiger partial charge in [-0.05, 0) is 34.5 Å². The zero-order valence-electron chi connectivity index (χ0n) is 8.73. The number of carbonyl (C=O) groups excluding carboxylic acids is 1. The molecule has 0 saturated heterocycles. The number of nitrogens with two attached hydrogens (primary N) is 1. The van der Waals surface area contributed by atoms with Crippen LogP contribution in [-0.4, -0.2) is 14.2 Å². The van der Waals surface area contributed by atoms with E-state index in [1.165, 1.54) is 12.1 Å². The monoisotopic (exact) mass is 305 g/mol. The standard InChI is InChI=1S/C10H12BrNO3S/c1-2-3-9(13)7-4-5-8(11)10(6-7)16(12,14)15/h4-6H,2-3H2,1H3,(H2,12,14,15). The van der Waals surface area contributed by atoms with E-state index in [4.69, 9.17) is 5.14 Å². The van der Waals surface area contributed by atoms with Crippen molar-refractivity contribution in [2.24, 2.45) is 5.14 Å². The summed E-state index contributed by atoms with van der Waals surface area (Å²) in [6.07, 6.45) is 1.12. The number of sulfonamides is 1. The van der Waals surface area contributed by atoms with Gasteiger partial charge in [0.05, 0.1) is 4.90 Å². The molecule has 2 N–H and O–H groups in total. The fourth-order valence-corrected chi connectivity index (χ4v) is 2.82. The lowest BCUT2D eigenvalue weighted by Gasteiger charge is -2.04. The molecule has 0 unspecified atom stereocenters. The molecule has 0 aliphatic carbocycles. The second kappa shape index (κ2) is 5.07. The molecule has 1 aromatic rings. The molecule has 0 amide bonds. The van der Waals surface area contributed by atoms with Crippen molar-refractivity contribution in [1.29, 1.82) is 0 Å². The number of benzene rings is 1. The predicted molar refractivity (Wildman–Crippen MR) is 64.8 cm³/mol. The first-order valence-corrected chi connectivity index (χ1v) is 7.05. The number of Topliss-reactive ketones (excluding diaryl/α,β-unsaturated/α-hetero) is 1. The maximum atomic E-state index is 11.6. The van der Waals surface area contributed by atoms with Crippen LogP contribution in [0.1, 0.15) is 30.1 Å². The Bertz CT molecular complexity index is 511. The van der Waals surface area contributed by atoms with Gasteiger partial charge < -0.3 is 0 Å². The fraction of sp³-hybridized carbons (Fsp3) is 0.300. The fourth-order valence-electron chi connectivity index (χ4n) is 1.27. The van der Waals surface area contributed by atoms with Gasteiger partial charge in [0, 0.05) is 16.5 Å². The van der Waals surface area contributed by atoms with Crippen LogP contribution in [0.5, 0.6) is 0 Å². The number of ketones is 1. The van der Waals surface area contributed by atoms with Crippen LogP contribution < -0.4 is 5.14 Å². The van der Waals surface area contributed by atoms with Gasteiger partial charge in [-0.1, -0.05) is 13.0 Å². The molecule has 1 rings (SSSR count). The number of carbonyl (C=O) groups is 1. The smallest absolute Gasteiger partial charge is 0.239 e. The van der Waals surface area contributed by atoms with Crippen molar-refractivity contribution in [3.8, 4) is 0 Å². The van der Waals surface area contributed by atoms with Crippen molar-refractivity contribution < 1.29 is 13.2 Å². The summed E-state index contributed by atoms with van der Waals surface area (Å²) >= 11 is 3.08. The first-order chi connectivity index (χ1) is 7.36. The van der Waals surface area contributed by atoms with Crippen LogP contribution in [0, 0.1) is 0 Å². The summed E-state index contributed by atoms with van der Waals surface area (Å²) in [5.74, 6) is -0.0834. The van der Waals surface area contributed by atoms with Gasteiger partial charge in [0.1, 0.15) is 0 Å². The Labute approximate surface area is 103 Å². The second-order valence-corrected chi connectivity index (χ2v) is 5.75. The van der Waals surface area contributed by atoms with E-state index in [2.05, 4.69) is 15.9 Å². The van der Waals surface area contributed by atoms with Crippen molar-refractivity contribution in [1.82, 2.24) is 0 Å². The highest BCUT2D eigenvalue weighted by atomic mass is 79.9. The Morgan fingerprint density at radius 3 is 2.56 bits per heavy atom. The number of hydrogen-bond acceptors (Lipinski definition) is 3. The highest BCUT2D eigenvalue weighted by Crippen LogP contribution is 2.22. The van der Waals surface area contributed by atoms with Gasteiger partial charge in [-0.3, -0.25) is 4.79 Å². The van der Waals surface area contributed by atoms with Crippen LogP contribution in [0.15, 0.2) is 27.6 Å². The van der Waals surface area contributed by atoms with Crippen LogP contribution in [0.3, 0.4) is 0 Å². The quantitative estimate of drug-likeness (QED) is 0.865. The Morgan fingerprint density at radius 2 is 2.06 bits per heavy atom. The van der Waals surface area contributed by atoms with E-state index in [9.17, 15) is 13.2 Å². The van der Waals surface area contributed by atoms with Crippen molar-refractivity contribution in [2.45, 2.75) is 24.7 Å². The molecule has 0 fully saturated rings.